The lowest BCUT2D eigenvalue weighted by atomic mass is 10.1. The van der Waals surface area contributed by atoms with Gasteiger partial charge in [0.25, 0.3) is 0 Å². The van der Waals surface area contributed by atoms with Crippen molar-refractivity contribution in [2.75, 3.05) is 5.32 Å². The van der Waals surface area contributed by atoms with Crippen molar-refractivity contribution in [3.8, 4) is 0 Å². The fourth-order valence-corrected chi connectivity index (χ4v) is 2.52. The molecule has 0 aliphatic carbocycles. The molecule has 0 aliphatic heterocycles. The van der Waals surface area contributed by atoms with Crippen LogP contribution in [0.25, 0.3) is 0 Å². The van der Waals surface area contributed by atoms with Crippen LogP contribution in [0, 0.1) is 6.92 Å². The van der Waals surface area contributed by atoms with Gasteiger partial charge in [0, 0.05) is 11.1 Å². The monoisotopic (exact) mass is 274 g/mol. The van der Waals surface area contributed by atoms with Gasteiger partial charge in [-0.3, -0.25) is 4.79 Å². The summed E-state index contributed by atoms with van der Waals surface area (Å²) in [6.45, 7) is 4.10. The normalized spacial score (nSPS) is 10.4. The Balaban J connectivity index is 1.91. The second-order valence-corrected chi connectivity index (χ2v) is 5.59. The van der Waals surface area contributed by atoms with Gasteiger partial charge in [0.15, 0.2) is 0 Å². The third kappa shape index (κ3) is 4.17. The Labute approximate surface area is 117 Å². The van der Waals surface area contributed by atoms with Crippen molar-refractivity contribution in [2.45, 2.75) is 33.1 Å². The molecule has 0 spiro atoms. The maximum atomic E-state index is 11.9. The Morgan fingerprint density at radius 3 is 2.63 bits per heavy atom. The number of aromatic nitrogens is 1. The van der Waals surface area contributed by atoms with E-state index in [1.165, 1.54) is 5.56 Å². The zero-order chi connectivity index (χ0) is 13.7. The molecule has 2 aromatic rings. The molecule has 4 heteroatoms. The Morgan fingerprint density at radius 1 is 1.32 bits per heavy atom. The van der Waals surface area contributed by atoms with Crippen LogP contribution in [0.1, 0.15) is 29.6 Å². The van der Waals surface area contributed by atoms with E-state index in [9.17, 15) is 4.79 Å². The number of carbonyl (C=O) groups is 1. The molecule has 19 heavy (non-hydrogen) atoms. The predicted molar refractivity (Wildman–Crippen MR) is 79.6 cm³/mol. The standard InChI is InChI=1S/C15H18N2OS/c1-3-4-12-5-7-13(8-6-12)17-15(18)9-14-10-19-11(2)16-14/h5-8,10H,3-4,9H2,1-2H3,(H,17,18). The number of hydrogen-bond acceptors (Lipinski definition) is 3. The Kier molecular flexibility index (Phi) is 4.68. The van der Waals surface area contributed by atoms with Crippen molar-refractivity contribution in [2.24, 2.45) is 0 Å². The zero-order valence-electron chi connectivity index (χ0n) is 11.3. The van der Waals surface area contributed by atoms with Crippen LogP contribution in [-0.4, -0.2) is 10.9 Å². The van der Waals surface area contributed by atoms with Gasteiger partial charge in [-0.15, -0.1) is 11.3 Å². The minimum atomic E-state index is -0.0199. The number of thiazole rings is 1. The van der Waals surface area contributed by atoms with E-state index in [0.29, 0.717) is 6.42 Å². The molecule has 1 amide bonds. The third-order valence-electron chi connectivity index (χ3n) is 2.78. The van der Waals surface area contributed by atoms with E-state index < -0.39 is 0 Å². The number of nitrogens with zero attached hydrogens (tertiary/aromatic N) is 1. The smallest absolute Gasteiger partial charge is 0.230 e. The Morgan fingerprint density at radius 2 is 2.05 bits per heavy atom. The third-order valence-corrected chi connectivity index (χ3v) is 3.61. The van der Waals surface area contributed by atoms with Crippen molar-refractivity contribution in [3.63, 3.8) is 0 Å². The van der Waals surface area contributed by atoms with E-state index in [-0.39, 0.29) is 5.91 Å². The first-order valence-corrected chi connectivity index (χ1v) is 7.35. The molecule has 1 aromatic heterocycles. The maximum absolute atomic E-state index is 11.9. The lowest BCUT2D eigenvalue weighted by Gasteiger charge is -2.05. The number of nitrogens with one attached hydrogen (secondary N) is 1. The molecule has 0 unspecified atom stereocenters. The van der Waals surface area contributed by atoms with Crippen LogP contribution in [-0.2, 0) is 17.6 Å². The van der Waals surface area contributed by atoms with Gasteiger partial charge >= 0.3 is 0 Å². The summed E-state index contributed by atoms with van der Waals surface area (Å²) in [7, 11) is 0. The van der Waals surface area contributed by atoms with Gasteiger partial charge in [0.2, 0.25) is 5.91 Å². The fourth-order valence-electron chi connectivity index (χ4n) is 1.90. The summed E-state index contributed by atoms with van der Waals surface area (Å²) in [5.74, 6) is -0.0199. The molecule has 0 radical (unpaired) electrons. The highest BCUT2D eigenvalue weighted by Gasteiger charge is 2.06. The molecule has 0 fully saturated rings. The van der Waals surface area contributed by atoms with Crippen LogP contribution in [0.2, 0.25) is 0 Å². The molecular formula is C15H18N2OS. The van der Waals surface area contributed by atoms with Gasteiger partial charge in [-0.25, -0.2) is 4.98 Å². The van der Waals surface area contributed by atoms with Gasteiger partial charge < -0.3 is 5.32 Å². The van der Waals surface area contributed by atoms with Crippen molar-refractivity contribution >= 4 is 22.9 Å². The highest BCUT2D eigenvalue weighted by atomic mass is 32.1. The molecular weight excluding hydrogens is 256 g/mol. The van der Waals surface area contributed by atoms with Gasteiger partial charge in [0.05, 0.1) is 17.1 Å². The number of benzene rings is 1. The van der Waals surface area contributed by atoms with Gasteiger partial charge in [-0.1, -0.05) is 25.5 Å². The summed E-state index contributed by atoms with van der Waals surface area (Å²) in [6.07, 6.45) is 2.54. The van der Waals surface area contributed by atoms with Crippen LogP contribution in [0.4, 0.5) is 5.69 Å². The Hall–Kier alpha value is -1.68. The minimum Gasteiger partial charge on any atom is -0.326 e. The summed E-state index contributed by atoms with van der Waals surface area (Å²) < 4.78 is 0. The quantitative estimate of drug-likeness (QED) is 0.905. The van der Waals surface area contributed by atoms with Crippen LogP contribution in [0.3, 0.4) is 0 Å². The topological polar surface area (TPSA) is 42.0 Å². The minimum absolute atomic E-state index is 0.0199. The van der Waals surface area contributed by atoms with Crippen LogP contribution < -0.4 is 5.32 Å². The summed E-state index contributed by atoms with van der Waals surface area (Å²) >= 11 is 1.57. The van der Waals surface area contributed by atoms with E-state index in [4.69, 9.17) is 0 Å². The second kappa shape index (κ2) is 6.48. The SMILES string of the molecule is CCCc1ccc(NC(=O)Cc2csc(C)n2)cc1. The van der Waals surface area contributed by atoms with Crippen molar-refractivity contribution < 1.29 is 4.79 Å². The number of aryl methyl sites for hydroxylation is 2. The van der Waals surface area contributed by atoms with E-state index in [1.54, 1.807) is 11.3 Å². The largest absolute Gasteiger partial charge is 0.326 e. The molecule has 0 aliphatic rings. The summed E-state index contributed by atoms with van der Waals surface area (Å²) in [6, 6.07) is 8.03. The number of carbonyl (C=O) groups excluding carboxylic acids is 1. The van der Waals surface area contributed by atoms with E-state index >= 15 is 0 Å². The first-order valence-electron chi connectivity index (χ1n) is 6.47. The highest BCUT2D eigenvalue weighted by Crippen LogP contribution is 2.13. The number of anilines is 1. The molecule has 0 saturated carbocycles. The summed E-state index contributed by atoms with van der Waals surface area (Å²) in [5.41, 5.74) is 2.98. The van der Waals surface area contributed by atoms with Crippen molar-refractivity contribution in [3.05, 3.63) is 45.9 Å². The fraction of sp³-hybridized carbons (Fsp3) is 0.333. The lowest BCUT2D eigenvalue weighted by Crippen LogP contribution is -2.14. The van der Waals surface area contributed by atoms with Crippen LogP contribution in [0.15, 0.2) is 29.6 Å². The molecule has 3 nitrogen and oxygen atoms in total. The first-order chi connectivity index (χ1) is 9.17. The van der Waals surface area contributed by atoms with Gasteiger partial charge in [0.1, 0.15) is 0 Å². The van der Waals surface area contributed by atoms with Crippen LogP contribution >= 0.6 is 11.3 Å². The summed E-state index contributed by atoms with van der Waals surface area (Å²) in [4.78, 5) is 16.1. The maximum Gasteiger partial charge on any atom is 0.230 e. The Bertz CT molecular complexity index is 546. The van der Waals surface area contributed by atoms with E-state index in [0.717, 1.165) is 29.2 Å². The molecule has 1 aromatic carbocycles. The lowest BCUT2D eigenvalue weighted by molar-refractivity contribution is -0.115. The molecule has 0 saturated heterocycles. The van der Waals surface area contributed by atoms with E-state index in [2.05, 4.69) is 29.4 Å². The molecule has 2 rings (SSSR count). The molecule has 0 bridgehead atoms. The molecule has 1 heterocycles. The zero-order valence-corrected chi connectivity index (χ0v) is 12.1. The average molecular weight is 274 g/mol. The van der Waals surface area contributed by atoms with Crippen LogP contribution in [0.5, 0.6) is 0 Å². The molecule has 1 N–H and O–H groups in total. The number of amides is 1. The number of rotatable bonds is 5. The van der Waals surface area contributed by atoms with Crippen molar-refractivity contribution in [1.29, 1.82) is 0 Å². The van der Waals surface area contributed by atoms with Crippen molar-refractivity contribution in [1.82, 2.24) is 4.98 Å². The predicted octanol–water partition coefficient (Wildman–Crippen LogP) is 3.59. The molecule has 0 atom stereocenters. The van der Waals surface area contributed by atoms with Gasteiger partial charge in [-0.2, -0.15) is 0 Å². The summed E-state index contributed by atoms with van der Waals surface area (Å²) in [5, 5.41) is 5.82. The average Bonchev–Trinajstić information content (AvgIpc) is 2.77. The van der Waals surface area contributed by atoms with E-state index in [1.807, 2.05) is 24.4 Å². The highest BCUT2D eigenvalue weighted by molar-refractivity contribution is 7.09. The van der Waals surface area contributed by atoms with Gasteiger partial charge in [-0.05, 0) is 31.0 Å². The second-order valence-electron chi connectivity index (χ2n) is 4.53. The molecule has 100 valence electrons. The number of hydrogen-bond donors (Lipinski definition) is 1. The first kappa shape index (κ1) is 13.7.